The van der Waals surface area contributed by atoms with E-state index < -0.39 is 11.3 Å². The van der Waals surface area contributed by atoms with E-state index in [9.17, 15) is 14.9 Å². The molecule has 2 amide bonds. The summed E-state index contributed by atoms with van der Waals surface area (Å²) in [6.45, 7) is 3.11. The van der Waals surface area contributed by atoms with Crippen LogP contribution < -0.4 is 15.8 Å². The highest BCUT2D eigenvalue weighted by Crippen LogP contribution is 2.47. The third-order valence-corrected chi connectivity index (χ3v) is 7.14. The minimum atomic E-state index is -0.850. The fraction of sp³-hybridized carbons (Fsp3) is 0.400. The van der Waals surface area contributed by atoms with Crippen molar-refractivity contribution in [1.82, 2.24) is 19.5 Å². The number of likely N-dealkylation sites (tertiary alicyclic amines) is 1. The number of nitrogens with one attached hydrogen (secondary N) is 1. The van der Waals surface area contributed by atoms with Gasteiger partial charge in [-0.05, 0) is 42.9 Å². The number of rotatable bonds is 7. The first kappa shape index (κ1) is 22.7. The van der Waals surface area contributed by atoms with Crippen molar-refractivity contribution in [1.29, 1.82) is 5.26 Å². The number of hydrogen-bond donors (Lipinski definition) is 2. The van der Waals surface area contributed by atoms with Gasteiger partial charge in [0.25, 0.3) is 5.91 Å². The Morgan fingerprint density at radius 2 is 2.11 bits per heavy atom. The predicted octanol–water partition coefficient (Wildman–Crippen LogP) is 2.46. The van der Waals surface area contributed by atoms with Crippen LogP contribution >= 0.6 is 0 Å². The summed E-state index contributed by atoms with van der Waals surface area (Å²) < 4.78 is 6.94. The second-order valence-corrected chi connectivity index (χ2v) is 9.27. The van der Waals surface area contributed by atoms with Crippen molar-refractivity contribution in [3.63, 3.8) is 0 Å². The summed E-state index contributed by atoms with van der Waals surface area (Å²) in [5.41, 5.74) is 8.19. The lowest BCUT2D eigenvalue weighted by Gasteiger charge is -2.22. The van der Waals surface area contributed by atoms with Gasteiger partial charge in [0.15, 0.2) is 0 Å². The monoisotopic (exact) mass is 473 g/mol. The van der Waals surface area contributed by atoms with Crippen molar-refractivity contribution in [2.45, 2.75) is 32.2 Å². The van der Waals surface area contributed by atoms with Gasteiger partial charge in [-0.3, -0.25) is 9.59 Å². The van der Waals surface area contributed by atoms with Crippen LogP contribution in [0.1, 0.15) is 36.5 Å². The number of pyridine rings is 1. The number of carbonyl (C=O) groups is 2. The first-order valence-electron chi connectivity index (χ1n) is 11.7. The molecule has 0 radical (unpaired) electrons. The minimum absolute atomic E-state index is 0.0886. The van der Waals surface area contributed by atoms with E-state index in [1.807, 2.05) is 24.4 Å². The standard InChI is InChI=1S/C25H27N7O3/c1-3-15-11-31(24(34)25(14-26)5-6-25)13-19(15)30-22-18(23(27)33)10-29-32-12-17(8-20(22)32)16-4-7-28-21(9-16)35-2/h4,7-10,12,15,19,30H,3,5-6,11,13H2,1-2H3,(H2,27,33)/t15-,19-/m1/s1. The van der Waals surface area contributed by atoms with E-state index in [4.69, 9.17) is 10.5 Å². The molecule has 1 saturated carbocycles. The molecule has 0 unspecified atom stereocenters. The van der Waals surface area contributed by atoms with Crippen LogP contribution in [0, 0.1) is 22.7 Å². The Morgan fingerprint density at radius 1 is 1.31 bits per heavy atom. The number of nitriles is 1. The molecule has 0 bridgehead atoms. The van der Waals surface area contributed by atoms with Crippen LogP contribution in [0.25, 0.3) is 16.6 Å². The number of primary amides is 1. The Bertz CT molecular complexity index is 1350. The van der Waals surface area contributed by atoms with Gasteiger partial charge in [-0.25, -0.2) is 9.50 Å². The van der Waals surface area contributed by atoms with Gasteiger partial charge in [0.05, 0.1) is 36.1 Å². The molecule has 180 valence electrons. The van der Waals surface area contributed by atoms with E-state index in [-0.39, 0.29) is 23.4 Å². The number of hydrogen-bond acceptors (Lipinski definition) is 7. The highest BCUT2D eigenvalue weighted by molar-refractivity contribution is 6.02. The van der Waals surface area contributed by atoms with Crippen LogP contribution in [0.4, 0.5) is 5.69 Å². The molecule has 3 aromatic heterocycles. The van der Waals surface area contributed by atoms with Gasteiger partial charge in [0.1, 0.15) is 5.41 Å². The molecule has 2 atom stereocenters. The Labute approximate surface area is 202 Å². The number of nitrogens with two attached hydrogens (primary N) is 1. The Balaban J connectivity index is 1.50. The van der Waals surface area contributed by atoms with Crippen LogP contribution in [0.2, 0.25) is 0 Å². The second-order valence-electron chi connectivity index (χ2n) is 9.27. The zero-order valence-corrected chi connectivity index (χ0v) is 19.7. The van der Waals surface area contributed by atoms with Crippen molar-refractivity contribution >= 4 is 23.0 Å². The lowest BCUT2D eigenvalue weighted by atomic mass is 10.00. The van der Waals surface area contributed by atoms with Crippen molar-refractivity contribution in [2.75, 3.05) is 25.5 Å². The number of aromatic nitrogens is 3. The average Bonchev–Trinajstić information content (AvgIpc) is 3.37. The molecule has 10 heteroatoms. The molecular weight excluding hydrogens is 446 g/mol. The zero-order valence-electron chi connectivity index (χ0n) is 19.7. The van der Waals surface area contributed by atoms with Crippen molar-refractivity contribution in [2.24, 2.45) is 17.1 Å². The smallest absolute Gasteiger partial charge is 0.252 e. The number of amides is 2. The normalized spacial score (nSPS) is 20.4. The highest BCUT2D eigenvalue weighted by atomic mass is 16.5. The van der Waals surface area contributed by atoms with E-state index in [1.54, 1.807) is 22.7 Å². The number of fused-ring (bicyclic) bond motifs is 1. The summed E-state index contributed by atoms with van der Waals surface area (Å²) in [6.07, 6.45) is 7.08. The molecule has 2 aliphatic rings. The molecule has 1 saturated heterocycles. The lowest BCUT2D eigenvalue weighted by Crippen LogP contribution is -2.36. The average molecular weight is 474 g/mol. The molecule has 1 aliphatic heterocycles. The fourth-order valence-corrected chi connectivity index (χ4v) is 4.85. The SMILES string of the molecule is CC[C@@H]1CN(C(=O)C2(C#N)CC2)C[C@H]1Nc1c(C(N)=O)cnn2cc(-c3ccnc(OC)c3)cc12. The van der Waals surface area contributed by atoms with E-state index in [2.05, 4.69) is 28.4 Å². The Hall–Kier alpha value is -4.13. The van der Waals surface area contributed by atoms with E-state index in [1.165, 1.54) is 6.20 Å². The summed E-state index contributed by atoms with van der Waals surface area (Å²) in [5.74, 6) is -0.0129. The Morgan fingerprint density at radius 3 is 2.77 bits per heavy atom. The molecule has 0 aromatic carbocycles. The van der Waals surface area contributed by atoms with Gasteiger partial charge in [-0.2, -0.15) is 10.4 Å². The summed E-state index contributed by atoms with van der Waals surface area (Å²) >= 11 is 0. The lowest BCUT2D eigenvalue weighted by molar-refractivity contribution is -0.134. The molecule has 3 N–H and O–H groups in total. The summed E-state index contributed by atoms with van der Waals surface area (Å²) in [7, 11) is 1.56. The quantitative estimate of drug-likeness (QED) is 0.537. The van der Waals surface area contributed by atoms with Gasteiger partial charge in [-0.15, -0.1) is 0 Å². The predicted molar refractivity (Wildman–Crippen MR) is 129 cm³/mol. The van der Waals surface area contributed by atoms with E-state index >= 15 is 0 Å². The van der Waals surface area contributed by atoms with Crippen LogP contribution in [-0.2, 0) is 4.79 Å². The maximum absolute atomic E-state index is 13.0. The van der Waals surface area contributed by atoms with Gasteiger partial charge < -0.3 is 20.7 Å². The van der Waals surface area contributed by atoms with Gasteiger partial charge >= 0.3 is 0 Å². The molecular formula is C25H27N7O3. The first-order chi connectivity index (χ1) is 16.9. The van der Waals surface area contributed by atoms with Crippen molar-refractivity contribution in [3.05, 3.63) is 42.4 Å². The molecule has 2 fully saturated rings. The topological polar surface area (TPSA) is 139 Å². The number of nitrogens with zero attached hydrogens (tertiary/aromatic N) is 5. The van der Waals surface area contributed by atoms with E-state index in [0.717, 1.165) is 17.5 Å². The zero-order chi connectivity index (χ0) is 24.7. The molecule has 10 nitrogen and oxygen atoms in total. The first-order valence-corrected chi connectivity index (χ1v) is 11.7. The number of anilines is 1. The third kappa shape index (κ3) is 3.93. The maximum Gasteiger partial charge on any atom is 0.252 e. The highest BCUT2D eigenvalue weighted by Gasteiger charge is 2.54. The summed E-state index contributed by atoms with van der Waals surface area (Å²) in [6, 6.07) is 7.74. The van der Waals surface area contributed by atoms with Gasteiger partial charge in [0.2, 0.25) is 11.8 Å². The fourth-order valence-electron chi connectivity index (χ4n) is 4.85. The summed E-state index contributed by atoms with van der Waals surface area (Å²) in [4.78, 5) is 31.2. The molecule has 5 rings (SSSR count). The second kappa shape index (κ2) is 8.58. The van der Waals surface area contributed by atoms with Crippen LogP contribution in [0.15, 0.2) is 36.8 Å². The molecule has 3 aromatic rings. The van der Waals surface area contributed by atoms with E-state index in [0.29, 0.717) is 43.0 Å². The van der Waals surface area contributed by atoms with Gasteiger partial charge in [-0.1, -0.05) is 6.92 Å². The molecule has 0 spiro atoms. The number of ether oxygens (including phenoxy) is 1. The number of methoxy groups -OCH3 is 1. The van der Waals surface area contributed by atoms with Crippen LogP contribution in [0.3, 0.4) is 0 Å². The molecule has 35 heavy (non-hydrogen) atoms. The van der Waals surface area contributed by atoms with Gasteiger partial charge in [0, 0.05) is 43.2 Å². The number of carbonyl (C=O) groups excluding carboxylic acids is 2. The molecule has 1 aliphatic carbocycles. The minimum Gasteiger partial charge on any atom is -0.481 e. The molecule has 4 heterocycles. The summed E-state index contributed by atoms with van der Waals surface area (Å²) in [5, 5.41) is 17.4. The maximum atomic E-state index is 13.0. The van der Waals surface area contributed by atoms with Crippen molar-refractivity contribution < 1.29 is 14.3 Å². The van der Waals surface area contributed by atoms with Crippen molar-refractivity contribution in [3.8, 4) is 23.1 Å². The van der Waals surface area contributed by atoms with Crippen LogP contribution in [0.5, 0.6) is 5.88 Å². The largest absolute Gasteiger partial charge is 0.481 e. The Kier molecular flexibility index (Phi) is 5.55. The third-order valence-electron chi connectivity index (χ3n) is 7.14. The van der Waals surface area contributed by atoms with Crippen LogP contribution in [-0.4, -0.2) is 57.6 Å².